The maximum absolute atomic E-state index is 5.35. The molecule has 14 aromatic rings. The SMILES string of the molecule is c1ccc(-c2ccc3c4c(-c5cccc6c5c5ccccc5n6-c5ccccc5-c5nc(-c6ccccc6)nc(-c6ccc7sc8ccccc8c7c6)n5)cccc4n(-c4ccccc4)c3c2)cc1. The molecule has 0 bridgehead atoms. The summed E-state index contributed by atoms with van der Waals surface area (Å²) in [5.41, 5.74) is 14.2. The first-order valence-electron chi connectivity index (χ1n) is 23.3. The Morgan fingerprint density at radius 3 is 1.59 bits per heavy atom. The highest BCUT2D eigenvalue weighted by atomic mass is 32.1. The summed E-state index contributed by atoms with van der Waals surface area (Å²) in [6, 6.07) is 84.6. The highest BCUT2D eigenvalue weighted by molar-refractivity contribution is 7.25. The summed E-state index contributed by atoms with van der Waals surface area (Å²) >= 11 is 1.81. The molecule has 0 radical (unpaired) electrons. The number of nitrogens with zero attached hydrogens (tertiary/aromatic N) is 5. The summed E-state index contributed by atoms with van der Waals surface area (Å²) in [6.45, 7) is 0. The number of hydrogen-bond donors (Lipinski definition) is 0. The average Bonchev–Trinajstić information content (AvgIpc) is 4.09. The zero-order chi connectivity index (χ0) is 45.4. The Morgan fingerprint density at radius 2 is 0.826 bits per heavy atom. The van der Waals surface area contributed by atoms with Crippen molar-refractivity contribution in [3.8, 4) is 67.8 Å². The predicted octanol–water partition coefficient (Wildman–Crippen LogP) is 16.8. The molecule has 6 heteroatoms. The van der Waals surface area contributed by atoms with E-state index >= 15 is 0 Å². The quantitative estimate of drug-likeness (QED) is 0.160. The molecule has 0 saturated carbocycles. The molecular weight excluding hydrogens is 859 g/mol. The van der Waals surface area contributed by atoms with Gasteiger partial charge in [-0.15, -0.1) is 11.3 Å². The van der Waals surface area contributed by atoms with Crippen LogP contribution in [0.5, 0.6) is 0 Å². The van der Waals surface area contributed by atoms with Crippen molar-refractivity contribution in [2.24, 2.45) is 0 Å². The van der Waals surface area contributed by atoms with Gasteiger partial charge < -0.3 is 9.13 Å². The molecule has 10 aromatic carbocycles. The van der Waals surface area contributed by atoms with Gasteiger partial charge in [0.15, 0.2) is 17.5 Å². The maximum Gasteiger partial charge on any atom is 0.166 e. The minimum Gasteiger partial charge on any atom is -0.309 e. The fourth-order valence-corrected chi connectivity index (χ4v) is 11.6. The van der Waals surface area contributed by atoms with Crippen LogP contribution in [0.25, 0.3) is 132 Å². The second-order valence-corrected chi connectivity index (χ2v) is 18.6. The number of aromatic nitrogens is 5. The normalized spacial score (nSPS) is 11.8. The van der Waals surface area contributed by atoms with Crippen LogP contribution in [0.1, 0.15) is 0 Å². The van der Waals surface area contributed by atoms with Gasteiger partial charge in [-0.05, 0) is 95.1 Å². The molecule has 4 aromatic heterocycles. The Labute approximate surface area is 401 Å². The van der Waals surface area contributed by atoms with Crippen LogP contribution in [0.4, 0.5) is 0 Å². The smallest absolute Gasteiger partial charge is 0.166 e. The summed E-state index contributed by atoms with van der Waals surface area (Å²) in [5.74, 6) is 1.87. The number of hydrogen-bond acceptors (Lipinski definition) is 4. The monoisotopic (exact) mass is 897 g/mol. The summed E-state index contributed by atoms with van der Waals surface area (Å²) in [4.78, 5) is 15.8. The molecule has 4 heterocycles. The van der Waals surface area contributed by atoms with Crippen LogP contribution in [0.3, 0.4) is 0 Å². The van der Waals surface area contributed by atoms with E-state index in [1.165, 1.54) is 69.5 Å². The molecule has 0 fully saturated rings. The molecule has 322 valence electrons. The number of fused-ring (bicyclic) bond motifs is 9. The fourth-order valence-electron chi connectivity index (χ4n) is 10.5. The lowest BCUT2D eigenvalue weighted by Gasteiger charge is -2.15. The Morgan fingerprint density at radius 1 is 0.290 bits per heavy atom. The molecule has 14 rings (SSSR count). The average molecular weight is 898 g/mol. The second-order valence-electron chi connectivity index (χ2n) is 17.5. The molecule has 0 spiro atoms. The van der Waals surface area contributed by atoms with Gasteiger partial charge in [-0.3, -0.25) is 0 Å². The van der Waals surface area contributed by atoms with E-state index in [9.17, 15) is 0 Å². The molecule has 0 aliphatic heterocycles. The lowest BCUT2D eigenvalue weighted by Crippen LogP contribution is -2.03. The molecule has 0 unspecified atom stereocenters. The number of thiophene rings is 1. The van der Waals surface area contributed by atoms with E-state index in [-0.39, 0.29) is 0 Å². The molecule has 69 heavy (non-hydrogen) atoms. The Bertz CT molecular complexity index is 4300. The van der Waals surface area contributed by atoms with Crippen molar-refractivity contribution >= 4 is 75.1 Å². The van der Waals surface area contributed by atoms with Gasteiger partial charge in [0.2, 0.25) is 0 Å². The van der Waals surface area contributed by atoms with E-state index in [1.807, 2.05) is 29.5 Å². The minimum absolute atomic E-state index is 0.611. The Kier molecular flexibility index (Phi) is 9.00. The van der Waals surface area contributed by atoms with E-state index in [1.54, 1.807) is 0 Å². The zero-order valence-electron chi connectivity index (χ0n) is 37.2. The van der Waals surface area contributed by atoms with E-state index in [2.05, 4.69) is 228 Å². The third kappa shape index (κ3) is 6.34. The molecule has 0 aliphatic carbocycles. The predicted molar refractivity (Wildman–Crippen MR) is 289 cm³/mol. The van der Waals surface area contributed by atoms with Gasteiger partial charge in [0.25, 0.3) is 0 Å². The van der Waals surface area contributed by atoms with Gasteiger partial charge in [0, 0.05) is 64.1 Å². The van der Waals surface area contributed by atoms with Crippen molar-refractivity contribution < 1.29 is 0 Å². The van der Waals surface area contributed by atoms with Gasteiger partial charge >= 0.3 is 0 Å². The molecule has 0 atom stereocenters. The summed E-state index contributed by atoms with van der Waals surface area (Å²) in [6.07, 6.45) is 0. The van der Waals surface area contributed by atoms with Crippen LogP contribution in [0, 0.1) is 0 Å². The van der Waals surface area contributed by atoms with Crippen molar-refractivity contribution in [1.29, 1.82) is 0 Å². The van der Waals surface area contributed by atoms with Crippen molar-refractivity contribution in [2.75, 3.05) is 0 Å². The molecule has 0 saturated heterocycles. The second kappa shape index (κ2) is 15.8. The maximum atomic E-state index is 5.35. The highest BCUT2D eigenvalue weighted by Gasteiger charge is 2.23. The van der Waals surface area contributed by atoms with Gasteiger partial charge in [0.1, 0.15) is 0 Å². The number of rotatable bonds is 7. The standard InChI is InChI=1S/C63H39N5S/c1-4-18-40(19-5-1)42-34-36-49-56(39-42)67(44-22-8-3-9-23-44)54-31-16-27-47(60(49)54)46-28-17-32-55-59(46)48-25-10-13-29-52(48)68(55)53-30-14-11-26-50(53)63-65-61(41-20-6-2-7-21-41)64-62(66-63)43-35-37-58-51(38-43)45-24-12-15-33-57(45)69-58/h1-39H. The van der Waals surface area contributed by atoms with Gasteiger partial charge in [-0.1, -0.05) is 164 Å². The largest absolute Gasteiger partial charge is 0.309 e. The first-order valence-corrected chi connectivity index (χ1v) is 24.1. The lowest BCUT2D eigenvalue weighted by molar-refractivity contribution is 1.06. The highest BCUT2D eigenvalue weighted by Crippen LogP contribution is 2.45. The van der Waals surface area contributed by atoms with E-state index in [0.29, 0.717) is 17.5 Å². The van der Waals surface area contributed by atoms with Crippen LogP contribution in [0.2, 0.25) is 0 Å². The fraction of sp³-hybridized carbons (Fsp3) is 0. The van der Waals surface area contributed by atoms with Gasteiger partial charge in [-0.2, -0.15) is 0 Å². The molecular formula is C63H39N5S. The van der Waals surface area contributed by atoms with Crippen LogP contribution in [-0.4, -0.2) is 24.1 Å². The van der Waals surface area contributed by atoms with Crippen molar-refractivity contribution in [2.45, 2.75) is 0 Å². The number of benzene rings is 10. The molecule has 0 amide bonds. The van der Waals surface area contributed by atoms with Crippen LogP contribution in [0.15, 0.2) is 237 Å². The summed E-state index contributed by atoms with van der Waals surface area (Å²) in [5, 5.41) is 7.24. The van der Waals surface area contributed by atoms with Crippen molar-refractivity contribution in [1.82, 2.24) is 24.1 Å². The third-order valence-electron chi connectivity index (χ3n) is 13.6. The zero-order valence-corrected chi connectivity index (χ0v) is 38.0. The summed E-state index contributed by atoms with van der Waals surface area (Å²) < 4.78 is 7.33. The third-order valence-corrected chi connectivity index (χ3v) is 14.7. The first-order chi connectivity index (χ1) is 34.2. The van der Waals surface area contributed by atoms with Crippen LogP contribution < -0.4 is 0 Å². The van der Waals surface area contributed by atoms with Gasteiger partial charge in [-0.25, -0.2) is 15.0 Å². The van der Waals surface area contributed by atoms with Crippen LogP contribution >= 0.6 is 11.3 Å². The van der Waals surface area contributed by atoms with E-state index in [4.69, 9.17) is 15.0 Å². The Balaban J connectivity index is 0.994. The molecule has 0 aliphatic rings. The minimum atomic E-state index is 0.611. The van der Waals surface area contributed by atoms with E-state index < -0.39 is 0 Å². The van der Waals surface area contributed by atoms with E-state index in [0.717, 1.165) is 44.6 Å². The lowest BCUT2D eigenvalue weighted by atomic mass is 9.95. The van der Waals surface area contributed by atoms with Crippen LogP contribution in [-0.2, 0) is 0 Å². The Hall–Kier alpha value is -8.97. The number of para-hydroxylation sites is 3. The molecule has 5 nitrogen and oxygen atoms in total. The van der Waals surface area contributed by atoms with Crippen molar-refractivity contribution in [3.05, 3.63) is 237 Å². The van der Waals surface area contributed by atoms with Crippen molar-refractivity contribution in [3.63, 3.8) is 0 Å². The topological polar surface area (TPSA) is 48.5 Å². The first kappa shape index (κ1) is 39.2. The summed E-state index contributed by atoms with van der Waals surface area (Å²) in [7, 11) is 0. The van der Waals surface area contributed by atoms with Gasteiger partial charge in [0.05, 0.1) is 27.8 Å². The molecule has 0 N–H and O–H groups in total.